The molecule has 0 aliphatic rings. The molecule has 6 heteroatoms. The molecule has 0 amide bonds. The lowest BCUT2D eigenvalue weighted by atomic mass is 10.3. The third kappa shape index (κ3) is 3.75. The van der Waals surface area contributed by atoms with Crippen LogP contribution in [0.25, 0.3) is 0 Å². The normalized spacial score (nSPS) is 11.2. The van der Waals surface area contributed by atoms with Crippen LogP contribution in [-0.2, 0) is 10.7 Å². The molecule has 0 saturated carbocycles. The molecular weight excluding hydrogens is 195 g/mol. The van der Waals surface area contributed by atoms with Gasteiger partial charge in [-0.2, -0.15) is 10.2 Å². The molecule has 0 N–H and O–H groups in total. The van der Waals surface area contributed by atoms with Crippen LogP contribution in [0.2, 0.25) is 0 Å². The fraction of sp³-hybridized carbons (Fsp3) is 0.143. The van der Waals surface area contributed by atoms with Crippen molar-refractivity contribution in [2.24, 2.45) is 10.2 Å². The van der Waals surface area contributed by atoms with Crippen LogP contribution in [0.1, 0.15) is 0 Å². The predicted molar refractivity (Wildman–Crippen MR) is 46.1 cm³/mol. The van der Waals surface area contributed by atoms with Gasteiger partial charge in [-0.15, -0.1) is 0 Å². The Hall–Kier alpha value is -1.30. The molecule has 0 radical (unpaired) electrons. The van der Waals surface area contributed by atoms with Crippen LogP contribution in [0, 0.1) is 5.82 Å². The summed E-state index contributed by atoms with van der Waals surface area (Å²) in [7, 11) is -2.56. The summed E-state index contributed by atoms with van der Waals surface area (Å²) in [5.41, 5.74) is 0.303. The standard InChI is InChI=1S/C7H7FN2O2S/c8-6-2-1-3-7(4-6)10-9-5-13(11)12/h1-4,13H,5H2. The largest absolute Gasteiger partial charge is 0.230 e. The topological polar surface area (TPSA) is 58.9 Å². The first-order chi connectivity index (χ1) is 6.18. The number of nitrogens with zero attached hydrogens (tertiary/aromatic N) is 2. The van der Waals surface area contributed by atoms with E-state index in [-0.39, 0.29) is 5.88 Å². The number of thiol groups is 1. The average molecular weight is 202 g/mol. The predicted octanol–water partition coefficient (Wildman–Crippen LogP) is 1.48. The van der Waals surface area contributed by atoms with Crippen molar-refractivity contribution >= 4 is 16.4 Å². The smallest absolute Gasteiger partial charge is 0.162 e. The van der Waals surface area contributed by atoms with Gasteiger partial charge in [-0.1, -0.05) is 6.07 Å². The molecule has 0 fully saturated rings. The molecule has 1 aromatic carbocycles. The van der Waals surface area contributed by atoms with E-state index in [2.05, 4.69) is 10.2 Å². The summed E-state index contributed by atoms with van der Waals surface area (Å²) in [6.45, 7) is 0. The molecule has 0 bridgehead atoms. The second-order valence-electron chi connectivity index (χ2n) is 2.20. The molecule has 1 rings (SSSR count). The Bertz CT molecular complexity index is 382. The van der Waals surface area contributed by atoms with Crippen LogP contribution in [0.3, 0.4) is 0 Å². The van der Waals surface area contributed by atoms with Gasteiger partial charge in [0.25, 0.3) is 0 Å². The third-order valence-corrected chi connectivity index (χ3v) is 1.53. The molecule has 0 spiro atoms. The van der Waals surface area contributed by atoms with E-state index in [9.17, 15) is 12.8 Å². The average Bonchev–Trinajstić information content (AvgIpc) is 2.03. The van der Waals surface area contributed by atoms with Crippen molar-refractivity contribution in [2.75, 3.05) is 5.88 Å². The first-order valence-electron chi connectivity index (χ1n) is 3.43. The van der Waals surface area contributed by atoms with Gasteiger partial charge in [-0.3, -0.25) is 0 Å². The molecule has 0 aliphatic carbocycles. The number of halogens is 1. The zero-order chi connectivity index (χ0) is 9.68. The maximum atomic E-state index is 12.5. The molecule has 0 heterocycles. The molecule has 70 valence electrons. The van der Waals surface area contributed by atoms with Gasteiger partial charge in [-0.25, -0.2) is 12.8 Å². The molecule has 0 aromatic heterocycles. The van der Waals surface area contributed by atoms with Crippen molar-refractivity contribution in [3.63, 3.8) is 0 Å². The first-order valence-corrected chi connectivity index (χ1v) is 4.79. The number of azo groups is 1. The number of rotatable bonds is 3. The van der Waals surface area contributed by atoms with E-state index in [4.69, 9.17) is 0 Å². The summed E-state index contributed by atoms with van der Waals surface area (Å²) in [6.07, 6.45) is 0. The second-order valence-corrected chi connectivity index (χ2v) is 3.14. The number of hydrogen-bond acceptors (Lipinski definition) is 4. The lowest BCUT2D eigenvalue weighted by Crippen LogP contribution is -1.78. The molecular formula is C7H7FN2O2S. The molecule has 1 aromatic rings. The third-order valence-electron chi connectivity index (χ3n) is 1.17. The van der Waals surface area contributed by atoms with Crippen LogP contribution < -0.4 is 0 Å². The minimum absolute atomic E-state index is 0.303. The van der Waals surface area contributed by atoms with Gasteiger partial charge >= 0.3 is 0 Å². The molecule has 4 nitrogen and oxygen atoms in total. The highest BCUT2D eigenvalue weighted by Gasteiger charge is 1.91. The minimum atomic E-state index is -2.56. The van der Waals surface area contributed by atoms with E-state index in [0.717, 1.165) is 0 Å². The van der Waals surface area contributed by atoms with Crippen LogP contribution in [0.15, 0.2) is 34.5 Å². The monoisotopic (exact) mass is 202 g/mol. The zero-order valence-corrected chi connectivity index (χ0v) is 7.45. The van der Waals surface area contributed by atoms with Crippen molar-refractivity contribution in [3.05, 3.63) is 30.1 Å². The quantitative estimate of drug-likeness (QED) is 0.596. The number of benzene rings is 1. The Morgan fingerprint density at radius 2 is 2.15 bits per heavy atom. The lowest BCUT2D eigenvalue weighted by Gasteiger charge is -1.90. The van der Waals surface area contributed by atoms with E-state index in [1.807, 2.05) is 0 Å². The summed E-state index contributed by atoms with van der Waals surface area (Å²) >= 11 is 0. The van der Waals surface area contributed by atoms with Crippen LogP contribution in [-0.4, -0.2) is 14.3 Å². The second kappa shape index (κ2) is 4.66. The van der Waals surface area contributed by atoms with Crippen LogP contribution >= 0.6 is 0 Å². The van der Waals surface area contributed by atoms with Crippen LogP contribution in [0.4, 0.5) is 10.1 Å². The van der Waals surface area contributed by atoms with E-state index in [1.54, 1.807) is 0 Å². The fourth-order valence-electron chi connectivity index (χ4n) is 0.703. The van der Waals surface area contributed by atoms with Gasteiger partial charge < -0.3 is 0 Å². The van der Waals surface area contributed by atoms with E-state index in [0.29, 0.717) is 5.69 Å². The Kier molecular flexibility index (Phi) is 3.51. The van der Waals surface area contributed by atoms with Crippen molar-refractivity contribution in [3.8, 4) is 0 Å². The van der Waals surface area contributed by atoms with Gasteiger partial charge in [0.05, 0.1) is 5.69 Å². The number of hydrogen-bond donors (Lipinski definition) is 1. The maximum absolute atomic E-state index is 12.5. The molecule has 13 heavy (non-hydrogen) atoms. The Labute approximate surface area is 76.1 Å². The van der Waals surface area contributed by atoms with Gasteiger partial charge in [0.1, 0.15) is 5.82 Å². The fourth-order valence-corrected chi connectivity index (χ4v) is 0.870. The summed E-state index contributed by atoms with van der Waals surface area (Å²) in [4.78, 5) is 0. The summed E-state index contributed by atoms with van der Waals surface area (Å²) in [6, 6.07) is 5.44. The van der Waals surface area contributed by atoms with Gasteiger partial charge in [0, 0.05) is 6.07 Å². The summed E-state index contributed by atoms with van der Waals surface area (Å²) in [5, 5.41) is 6.85. The Morgan fingerprint density at radius 1 is 1.38 bits per heavy atom. The molecule has 0 atom stereocenters. The molecule has 0 saturated heterocycles. The highest BCUT2D eigenvalue weighted by atomic mass is 32.2. The van der Waals surface area contributed by atoms with Gasteiger partial charge in [0.2, 0.25) is 0 Å². The van der Waals surface area contributed by atoms with Crippen molar-refractivity contribution in [1.82, 2.24) is 0 Å². The summed E-state index contributed by atoms with van der Waals surface area (Å²) < 4.78 is 32.7. The zero-order valence-electron chi connectivity index (χ0n) is 6.55. The van der Waals surface area contributed by atoms with E-state index >= 15 is 0 Å². The van der Waals surface area contributed by atoms with Crippen LogP contribution in [0.5, 0.6) is 0 Å². The van der Waals surface area contributed by atoms with Crippen molar-refractivity contribution in [2.45, 2.75) is 0 Å². The molecule has 0 aliphatic heterocycles. The minimum Gasteiger partial charge on any atom is -0.230 e. The SMILES string of the molecule is O=[SH](=O)CN=Nc1cccc(F)c1. The summed E-state index contributed by atoms with van der Waals surface area (Å²) in [5.74, 6) is -0.797. The van der Waals surface area contributed by atoms with Gasteiger partial charge in [0.15, 0.2) is 16.6 Å². The van der Waals surface area contributed by atoms with Crippen molar-refractivity contribution in [1.29, 1.82) is 0 Å². The first kappa shape index (κ1) is 9.79. The van der Waals surface area contributed by atoms with Crippen molar-refractivity contribution < 1.29 is 12.8 Å². The maximum Gasteiger partial charge on any atom is 0.162 e. The molecule has 0 unspecified atom stereocenters. The lowest BCUT2D eigenvalue weighted by molar-refractivity contribution is 0.614. The van der Waals surface area contributed by atoms with Gasteiger partial charge in [-0.05, 0) is 12.1 Å². The highest BCUT2D eigenvalue weighted by Crippen LogP contribution is 2.12. The highest BCUT2D eigenvalue weighted by molar-refractivity contribution is 7.72. The van der Waals surface area contributed by atoms with E-state index in [1.165, 1.54) is 24.3 Å². The van der Waals surface area contributed by atoms with E-state index < -0.39 is 16.5 Å². The Balaban J connectivity index is 2.68. The Morgan fingerprint density at radius 3 is 2.77 bits per heavy atom.